The first kappa shape index (κ1) is 12.9. The van der Waals surface area contributed by atoms with Gasteiger partial charge in [-0.05, 0) is 19.1 Å². The SMILES string of the molecule is CCOCCOc1ccc(C(N)=S)c(F)c1. The maximum absolute atomic E-state index is 13.4. The monoisotopic (exact) mass is 243 g/mol. The predicted octanol–water partition coefficient (Wildman–Crippen LogP) is 1.88. The van der Waals surface area contributed by atoms with Crippen LogP contribution in [-0.4, -0.2) is 24.8 Å². The number of nitrogens with two attached hydrogens (primary N) is 1. The molecule has 0 radical (unpaired) electrons. The molecule has 0 bridgehead atoms. The van der Waals surface area contributed by atoms with E-state index >= 15 is 0 Å². The average Bonchev–Trinajstić information content (AvgIpc) is 2.24. The van der Waals surface area contributed by atoms with Crippen LogP contribution in [0.4, 0.5) is 4.39 Å². The summed E-state index contributed by atoms with van der Waals surface area (Å²) < 4.78 is 23.8. The lowest BCUT2D eigenvalue weighted by atomic mass is 10.2. The van der Waals surface area contributed by atoms with Gasteiger partial charge in [0.15, 0.2) is 0 Å². The van der Waals surface area contributed by atoms with Crippen molar-refractivity contribution < 1.29 is 13.9 Å². The van der Waals surface area contributed by atoms with Gasteiger partial charge in [0.05, 0.1) is 6.61 Å². The van der Waals surface area contributed by atoms with Crippen molar-refractivity contribution in [3.05, 3.63) is 29.6 Å². The highest BCUT2D eigenvalue weighted by Crippen LogP contribution is 2.16. The zero-order chi connectivity index (χ0) is 12.0. The second-order valence-electron chi connectivity index (χ2n) is 3.05. The van der Waals surface area contributed by atoms with Gasteiger partial charge >= 0.3 is 0 Å². The summed E-state index contributed by atoms with van der Waals surface area (Å²) in [7, 11) is 0. The number of ether oxygens (including phenoxy) is 2. The van der Waals surface area contributed by atoms with Gasteiger partial charge < -0.3 is 15.2 Å². The van der Waals surface area contributed by atoms with Crippen LogP contribution in [0.5, 0.6) is 5.75 Å². The Bertz CT molecular complexity index is 371. The summed E-state index contributed by atoms with van der Waals surface area (Å²) in [4.78, 5) is 0.0402. The van der Waals surface area contributed by atoms with Gasteiger partial charge in [0, 0.05) is 18.2 Å². The van der Waals surface area contributed by atoms with Crippen LogP contribution in [0.25, 0.3) is 0 Å². The normalized spacial score (nSPS) is 10.1. The van der Waals surface area contributed by atoms with E-state index in [-0.39, 0.29) is 10.6 Å². The van der Waals surface area contributed by atoms with Crippen molar-refractivity contribution in [2.45, 2.75) is 6.92 Å². The van der Waals surface area contributed by atoms with Crippen LogP contribution in [-0.2, 0) is 4.74 Å². The summed E-state index contributed by atoms with van der Waals surface area (Å²) in [5.41, 5.74) is 5.56. The van der Waals surface area contributed by atoms with Crippen molar-refractivity contribution >= 4 is 17.2 Å². The molecule has 5 heteroatoms. The Labute approximate surface area is 99.3 Å². The van der Waals surface area contributed by atoms with Crippen LogP contribution >= 0.6 is 12.2 Å². The molecule has 1 aromatic rings. The van der Waals surface area contributed by atoms with E-state index in [4.69, 9.17) is 27.4 Å². The molecule has 16 heavy (non-hydrogen) atoms. The Morgan fingerprint density at radius 2 is 2.19 bits per heavy atom. The Morgan fingerprint density at radius 3 is 2.75 bits per heavy atom. The number of benzene rings is 1. The summed E-state index contributed by atoms with van der Waals surface area (Å²) in [6.45, 7) is 3.41. The van der Waals surface area contributed by atoms with Crippen molar-refractivity contribution in [1.29, 1.82) is 0 Å². The number of thiocarbonyl (C=S) groups is 1. The Hall–Kier alpha value is -1.20. The Balaban J connectivity index is 2.56. The van der Waals surface area contributed by atoms with Crippen molar-refractivity contribution in [3.63, 3.8) is 0 Å². The highest BCUT2D eigenvalue weighted by molar-refractivity contribution is 7.80. The maximum Gasteiger partial charge on any atom is 0.137 e. The van der Waals surface area contributed by atoms with Gasteiger partial charge in [-0.25, -0.2) is 4.39 Å². The fourth-order valence-electron chi connectivity index (χ4n) is 1.15. The largest absolute Gasteiger partial charge is 0.491 e. The van der Waals surface area contributed by atoms with Crippen LogP contribution in [0.1, 0.15) is 12.5 Å². The highest BCUT2D eigenvalue weighted by atomic mass is 32.1. The van der Waals surface area contributed by atoms with E-state index in [1.807, 2.05) is 6.92 Å². The van der Waals surface area contributed by atoms with E-state index in [9.17, 15) is 4.39 Å². The molecule has 0 saturated carbocycles. The molecule has 1 rings (SSSR count). The van der Waals surface area contributed by atoms with Crippen LogP contribution in [0.3, 0.4) is 0 Å². The zero-order valence-corrected chi connectivity index (χ0v) is 9.85. The quantitative estimate of drug-likeness (QED) is 0.612. The molecular formula is C11H14FNO2S. The molecule has 0 aliphatic rings. The third kappa shape index (κ3) is 3.75. The fraction of sp³-hybridized carbons (Fsp3) is 0.364. The minimum Gasteiger partial charge on any atom is -0.491 e. The Morgan fingerprint density at radius 1 is 1.44 bits per heavy atom. The summed E-state index contributed by atoms with van der Waals surface area (Å²) in [5.74, 6) is -0.0291. The first-order chi connectivity index (χ1) is 7.65. The molecule has 0 spiro atoms. The molecule has 0 unspecified atom stereocenters. The molecule has 2 N–H and O–H groups in total. The lowest BCUT2D eigenvalue weighted by Gasteiger charge is -2.07. The van der Waals surface area contributed by atoms with E-state index in [1.54, 1.807) is 6.07 Å². The molecule has 0 aliphatic heterocycles. The molecule has 0 fully saturated rings. The van der Waals surface area contributed by atoms with Crippen molar-refractivity contribution in [2.24, 2.45) is 5.73 Å². The van der Waals surface area contributed by atoms with E-state index in [2.05, 4.69) is 0 Å². The molecule has 0 heterocycles. The van der Waals surface area contributed by atoms with Crippen LogP contribution in [0.15, 0.2) is 18.2 Å². The molecule has 0 aromatic heterocycles. The lowest BCUT2D eigenvalue weighted by Crippen LogP contribution is -2.12. The second-order valence-corrected chi connectivity index (χ2v) is 3.49. The standard InChI is InChI=1S/C11H14FNO2S/c1-2-14-5-6-15-8-3-4-9(11(13)16)10(12)7-8/h3-4,7H,2,5-6H2,1H3,(H2,13,16). The van der Waals surface area contributed by atoms with Gasteiger partial charge in [-0.15, -0.1) is 0 Å². The Kier molecular flexibility index (Phi) is 5.14. The van der Waals surface area contributed by atoms with Crippen LogP contribution < -0.4 is 10.5 Å². The highest BCUT2D eigenvalue weighted by Gasteiger charge is 2.06. The minimum atomic E-state index is -0.471. The third-order valence-corrected chi connectivity index (χ3v) is 2.13. The number of hydrogen-bond donors (Lipinski definition) is 1. The van der Waals surface area contributed by atoms with Gasteiger partial charge in [-0.2, -0.15) is 0 Å². The topological polar surface area (TPSA) is 44.5 Å². The van der Waals surface area contributed by atoms with Crippen LogP contribution in [0, 0.1) is 5.82 Å². The van der Waals surface area contributed by atoms with E-state index in [0.717, 1.165) is 0 Å². The molecule has 0 atom stereocenters. The molecular weight excluding hydrogens is 229 g/mol. The van der Waals surface area contributed by atoms with Gasteiger partial charge in [0.1, 0.15) is 23.2 Å². The van der Waals surface area contributed by atoms with Crippen molar-refractivity contribution in [2.75, 3.05) is 19.8 Å². The van der Waals surface area contributed by atoms with Gasteiger partial charge in [0.2, 0.25) is 0 Å². The minimum absolute atomic E-state index is 0.0402. The third-order valence-electron chi connectivity index (χ3n) is 1.91. The first-order valence-electron chi connectivity index (χ1n) is 4.95. The first-order valence-corrected chi connectivity index (χ1v) is 5.36. The average molecular weight is 243 g/mol. The molecule has 88 valence electrons. The van der Waals surface area contributed by atoms with Gasteiger partial charge in [-0.1, -0.05) is 12.2 Å². The number of halogens is 1. The van der Waals surface area contributed by atoms with Crippen LogP contribution in [0.2, 0.25) is 0 Å². The summed E-state index contributed by atoms with van der Waals surface area (Å²) >= 11 is 4.69. The fourth-order valence-corrected chi connectivity index (χ4v) is 1.31. The van der Waals surface area contributed by atoms with Crippen molar-refractivity contribution in [3.8, 4) is 5.75 Å². The molecule has 0 saturated heterocycles. The van der Waals surface area contributed by atoms with Crippen molar-refractivity contribution in [1.82, 2.24) is 0 Å². The zero-order valence-electron chi connectivity index (χ0n) is 9.03. The smallest absolute Gasteiger partial charge is 0.137 e. The van der Waals surface area contributed by atoms with E-state index in [1.165, 1.54) is 12.1 Å². The predicted molar refractivity (Wildman–Crippen MR) is 64.3 cm³/mol. The molecule has 1 aromatic carbocycles. The molecule has 3 nitrogen and oxygen atoms in total. The van der Waals surface area contributed by atoms with E-state index in [0.29, 0.717) is 25.6 Å². The second kappa shape index (κ2) is 6.40. The lowest BCUT2D eigenvalue weighted by molar-refractivity contribution is 0.110. The molecule has 0 amide bonds. The summed E-state index contributed by atoms with van der Waals surface area (Å²) in [6, 6.07) is 4.40. The summed E-state index contributed by atoms with van der Waals surface area (Å²) in [5, 5.41) is 0. The molecule has 0 aliphatic carbocycles. The summed E-state index contributed by atoms with van der Waals surface area (Å²) in [6.07, 6.45) is 0. The maximum atomic E-state index is 13.4. The van der Waals surface area contributed by atoms with Gasteiger partial charge in [-0.3, -0.25) is 0 Å². The van der Waals surface area contributed by atoms with E-state index < -0.39 is 5.82 Å². The number of hydrogen-bond acceptors (Lipinski definition) is 3. The van der Waals surface area contributed by atoms with Gasteiger partial charge in [0.25, 0.3) is 0 Å². The number of rotatable bonds is 6.